The molecule has 1 aromatic carbocycles. The summed E-state index contributed by atoms with van der Waals surface area (Å²) < 4.78 is 27.4. The molecular weight excluding hydrogens is 346 g/mol. The van der Waals surface area contributed by atoms with E-state index in [0.29, 0.717) is 34.6 Å². The van der Waals surface area contributed by atoms with Crippen LogP contribution in [0.5, 0.6) is 0 Å². The molecule has 25 heavy (non-hydrogen) atoms. The maximum absolute atomic E-state index is 12.8. The fourth-order valence-electron chi connectivity index (χ4n) is 2.70. The molecule has 0 aliphatic rings. The minimum atomic E-state index is -2.70. The second-order valence-corrected chi connectivity index (χ2v) is 6.84. The number of nitrogens with zero attached hydrogens (tertiary/aromatic N) is 3. The molecule has 1 amide bonds. The minimum absolute atomic E-state index is 0.0459. The summed E-state index contributed by atoms with van der Waals surface area (Å²) in [6, 6.07) is 7.88. The van der Waals surface area contributed by atoms with Gasteiger partial charge in [-0.05, 0) is 26.0 Å². The summed E-state index contributed by atoms with van der Waals surface area (Å²) in [6.45, 7) is 0.945. The number of hydrogen-bond acceptors (Lipinski definition) is 4. The van der Waals surface area contributed by atoms with Gasteiger partial charge in [0.2, 0.25) is 5.91 Å². The van der Waals surface area contributed by atoms with Crippen molar-refractivity contribution in [3.05, 3.63) is 46.2 Å². The molecule has 0 radical (unpaired) electrons. The number of para-hydroxylation sites is 1. The van der Waals surface area contributed by atoms with Crippen LogP contribution in [-0.2, 0) is 17.6 Å². The average Bonchev–Trinajstić information content (AvgIpc) is 3.10. The first kappa shape index (κ1) is 17.5. The molecule has 0 aliphatic heterocycles. The van der Waals surface area contributed by atoms with E-state index in [9.17, 15) is 13.6 Å². The Bertz CT molecular complexity index is 870. The molecule has 8 heteroatoms. The molecule has 0 spiro atoms. The van der Waals surface area contributed by atoms with E-state index in [0.717, 1.165) is 15.2 Å². The van der Waals surface area contributed by atoms with Gasteiger partial charge in [0.25, 0.3) is 0 Å². The number of aromatic nitrogens is 3. The monoisotopic (exact) mass is 364 g/mol. The van der Waals surface area contributed by atoms with Crippen LogP contribution in [0.3, 0.4) is 0 Å². The van der Waals surface area contributed by atoms with E-state index in [1.807, 2.05) is 24.3 Å². The number of aryl methyl sites for hydroxylation is 1. The van der Waals surface area contributed by atoms with Crippen molar-refractivity contribution in [1.82, 2.24) is 20.1 Å². The predicted octanol–water partition coefficient (Wildman–Crippen LogP) is 3.41. The molecule has 2 heterocycles. The minimum Gasteiger partial charge on any atom is -0.355 e. The summed E-state index contributed by atoms with van der Waals surface area (Å²) in [7, 11) is 0. The van der Waals surface area contributed by atoms with Crippen LogP contribution in [0.1, 0.15) is 28.5 Å². The number of rotatable bonds is 6. The van der Waals surface area contributed by atoms with E-state index in [-0.39, 0.29) is 12.3 Å². The summed E-state index contributed by atoms with van der Waals surface area (Å²) in [6.07, 6.45) is 0.684. The van der Waals surface area contributed by atoms with Gasteiger partial charge in [-0.25, -0.2) is 9.67 Å². The standard InChI is InChI=1S/C17H18F2N4OS/c1-10-12(11(2)23(22-10)17(18)19)9-15(24)20-8-7-16-21-13-5-3-4-6-14(13)25-16/h3-6,17H,7-9H2,1-2H3,(H,20,24). The Morgan fingerprint density at radius 2 is 2.08 bits per heavy atom. The molecule has 0 saturated heterocycles. The Labute approximate surface area is 147 Å². The van der Waals surface area contributed by atoms with Crippen molar-refractivity contribution < 1.29 is 13.6 Å². The zero-order valence-corrected chi connectivity index (χ0v) is 14.7. The van der Waals surface area contributed by atoms with E-state index < -0.39 is 6.55 Å². The van der Waals surface area contributed by atoms with Crippen molar-refractivity contribution in [3.8, 4) is 0 Å². The molecule has 2 aromatic heterocycles. The van der Waals surface area contributed by atoms with Gasteiger partial charge < -0.3 is 5.32 Å². The van der Waals surface area contributed by atoms with Gasteiger partial charge in [-0.1, -0.05) is 12.1 Å². The number of hydrogen-bond donors (Lipinski definition) is 1. The molecule has 0 bridgehead atoms. The van der Waals surface area contributed by atoms with Crippen molar-refractivity contribution >= 4 is 27.5 Å². The van der Waals surface area contributed by atoms with Crippen LogP contribution < -0.4 is 5.32 Å². The summed E-state index contributed by atoms with van der Waals surface area (Å²) in [4.78, 5) is 16.6. The van der Waals surface area contributed by atoms with Gasteiger partial charge >= 0.3 is 6.55 Å². The lowest BCUT2D eigenvalue weighted by atomic mass is 10.1. The molecule has 3 aromatic rings. The van der Waals surface area contributed by atoms with Crippen molar-refractivity contribution in [3.63, 3.8) is 0 Å². The number of fused-ring (bicyclic) bond motifs is 1. The first-order chi connectivity index (χ1) is 12.0. The number of alkyl halides is 2. The molecular formula is C17H18F2N4OS. The lowest BCUT2D eigenvalue weighted by Crippen LogP contribution is -2.27. The first-order valence-electron chi connectivity index (χ1n) is 7.89. The largest absolute Gasteiger partial charge is 0.355 e. The summed E-state index contributed by atoms with van der Waals surface area (Å²) in [5.41, 5.74) is 2.30. The van der Waals surface area contributed by atoms with Crippen LogP contribution in [0.25, 0.3) is 10.2 Å². The highest BCUT2D eigenvalue weighted by Crippen LogP contribution is 2.22. The molecule has 5 nitrogen and oxygen atoms in total. The summed E-state index contributed by atoms with van der Waals surface area (Å²) >= 11 is 1.61. The van der Waals surface area contributed by atoms with Gasteiger partial charge in [0.15, 0.2) is 0 Å². The third-order valence-corrected chi connectivity index (χ3v) is 5.09. The third kappa shape index (κ3) is 3.84. The quantitative estimate of drug-likeness (QED) is 0.729. The molecule has 1 N–H and O–H groups in total. The van der Waals surface area contributed by atoms with E-state index in [2.05, 4.69) is 15.4 Å². The van der Waals surface area contributed by atoms with Crippen molar-refractivity contribution in [2.24, 2.45) is 0 Å². The van der Waals surface area contributed by atoms with Crippen LogP contribution >= 0.6 is 11.3 Å². The highest BCUT2D eigenvalue weighted by Gasteiger charge is 2.19. The lowest BCUT2D eigenvalue weighted by Gasteiger charge is -2.05. The average molecular weight is 364 g/mol. The van der Waals surface area contributed by atoms with Crippen LogP contribution in [0.2, 0.25) is 0 Å². The summed E-state index contributed by atoms with van der Waals surface area (Å²) in [5, 5.41) is 7.57. The second-order valence-electron chi connectivity index (χ2n) is 5.72. The van der Waals surface area contributed by atoms with Crippen molar-refractivity contribution in [2.45, 2.75) is 33.2 Å². The van der Waals surface area contributed by atoms with Gasteiger partial charge in [-0.3, -0.25) is 4.79 Å². The molecule has 0 unspecified atom stereocenters. The predicted molar refractivity (Wildman–Crippen MR) is 93.0 cm³/mol. The normalized spacial score (nSPS) is 11.4. The maximum Gasteiger partial charge on any atom is 0.333 e. The molecule has 0 fully saturated rings. The second kappa shape index (κ2) is 7.26. The van der Waals surface area contributed by atoms with Gasteiger partial charge in [-0.2, -0.15) is 13.9 Å². The number of carbonyl (C=O) groups is 1. The number of amides is 1. The Kier molecular flexibility index (Phi) is 5.08. The molecule has 0 aliphatic carbocycles. The van der Waals surface area contributed by atoms with E-state index in [1.54, 1.807) is 25.2 Å². The fourth-order valence-corrected chi connectivity index (χ4v) is 3.67. The van der Waals surface area contributed by atoms with Crippen LogP contribution in [0.15, 0.2) is 24.3 Å². The fraction of sp³-hybridized carbons (Fsp3) is 0.353. The first-order valence-corrected chi connectivity index (χ1v) is 8.71. The van der Waals surface area contributed by atoms with Crippen LogP contribution in [0.4, 0.5) is 8.78 Å². The van der Waals surface area contributed by atoms with Gasteiger partial charge in [0, 0.05) is 24.2 Å². The Morgan fingerprint density at radius 3 is 2.76 bits per heavy atom. The molecule has 132 valence electrons. The highest BCUT2D eigenvalue weighted by atomic mass is 32.1. The zero-order valence-electron chi connectivity index (χ0n) is 13.9. The zero-order chi connectivity index (χ0) is 18.0. The van der Waals surface area contributed by atoms with Gasteiger partial charge in [0.1, 0.15) is 0 Å². The summed E-state index contributed by atoms with van der Waals surface area (Å²) in [5.74, 6) is -0.207. The van der Waals surface area contributed by atoms with E-state index >= 15 is 0 Å². The van der Waals surface area contributed by atoms with Crippen molar-refractivity contribution in [1.29, 1.82) is 0 Å². The van der Waals surface area contributed by atoms with E-state index in [4.69, 9.17) is 0 Å². The maximum atomic E-state index is 12.8. The van der Waals surface area contributed by atoms with Crippen LogP contribution in [0, 0.1) is 13.8 Å². The Balaban J connectivity index is 1.56. The lowest BCUT2D eigenvalue weighted by molar-refractivity contribution is -0.120. The molecule has 3 rings (SSSR count). The number of carbonyl (C=O) groups excluding carboxylic acids is 1. The number of halogens is 2. The van der Waals surface area contributed by atoms with Gasteiger partial charge in [0.05, 0.1) is 27.3 Å². The van der Waals surface area contributed by atoms with Crippen molar-refractivity contribution in [2.75, 3.05) is 6.54 Å². The number of nitrogens with one attached hydrogen (secondary N) is 1. The van der Waals surface area contributed by atoms with Gasteiger partial charge in [-0.15, -0.1) is 11.3 Å². The smallest absolute Gasteiger partial charge is 0.333 e. The Morgan fingerprint density at radius 1 is 1.32 bits per heavy atom. The topological polar surface area (TPSA) is 59.8 Å². The molecule has 0 atom stereocenters. The Hall–Kier alpha value is -2.35. The van der Waals surface area contributed by atoms with E-state index in [1.165, 1.54) is 0 Å². The highest BCUT2D eigenvalue weighted by molar-refractivity contribution is 7.18. The number of benzene rings is 1. The molecule has 0 saturated carbocycles. The number of thiazole rings is 1. The third-order valence-electron chi connectivity index (χ3n) is 4.00. The SMILES string of the molecule is Cc1nn(C(F)F)c(C)c1CC(=O)NCCc1nc2ccccc2s1. The van der Waals surface area contributed by atoms with Crippen LogP contribution in [-0.4, -0.2) is 27.2 Å².